The first-order chi connectivity index (χ1) is 22.9. The summed E-state index contributed by atoms with van der Waals surface area (Å²) in [7, 11) is 0. The third kappa shape index (κ3) is 18.1. The van der Waals surface area contributed by atoms with Crippen LogP contribution in [0.25, 0.3) is 0 Å². The number of anilines is 1. The van der Waals surface area contributed by atoms with Gasteiger partial charge >= 0.3 is 11.4 Å². The zero-order chi connectivity index (χ0) is 35.1. The topological polar surface area (TPSA) is 261 Å². The van der Waals surface area contributed by atoms with Gasteiger partial charge in [-0.25, -0.2) is 15.0 Å². The first-order valence-corrected chi connectivity index (χ1v) is 16.8. The zero-order valence-corrected chi connectivity index (χ0v) is 29.4. The molecular weight excluding hydrogens is 733 g/mol. The van der Waals surface area contributed by atoms with Crippen molar-refractivity contribution in [1.82, 2.24) is 19.9 Å². The Morgan fingerprint density at radius 3 is 1.78 bits per heavy atom. The Morgan fingerprint density at radius 1 is 0.784 bits per heavy atom. The lowest BCUT2D eigenvalue weighted by atomic mass is 9.85. The van der Waals surface area contributed by atoms with E-state index in [9.17, 15) is 25.3 Å². The van der Waals surface area contributed by atoms with Gasteiger partial charge in [-0.05, 0) is 81.7 Å². The maximum atomic E-state index is 11.2. The van der Waals surface area contributed by atoms with E-state index in [2.05, 4.69) is 25.3 Å². The number of nitrogens with zero attached hydrogens (tertiary/aromatic N) is 6. The molecule has 2 aromatic rings. The zero-order valence-electron chi connectivity index (χ0n) is 27.1. The average Bonchev–Trinajstić information content (AvgIpc) is 3.75. The molecule has 2 saturated heterocycles. The number of halogens is 3. The van der Waals surface area contributed by atoms with E-state index in [1.807, 2.05) is 0 Å². The Balaban J connectivity index is 0.000000744. The van der Waals surface area contributed by atoms with Crippen molar-refractivity contribution in [2.45, 2.75) is 116 Å². The van der Waals surface area contributed by atoms with Crippen LogP contribution in [0.5, 0.6) is 0 Å². The predicted octanol–water partition coefficient (Wildman–Crippen LogP) is 5.05. The highest BCUT2D eigenvalue weighted by molar-refractivity contribution is 6.33. The number of nitrogens with one attached hydrogen (secondary N) is 1. The second-order valence-corrected chi connectivity index (χ2v) is 12.8. The Hall–Kier alpha value is -2.61. The van der Waals surface area contributed by atoms with Crippen molar-refractivity contribution >= 4 is 52.8 Å². The summed E-state index contributed by atoms with van der Waals surface area (Å²) in [6.45, 7) is 2.83. The molecule has 292 valence electrons. The quantitative estimate of drug-likeness (QED) is 0.111. The van der Waals surface area contributed by atoms with Crippen LogP contribution >= 0.6 is 35.6 Å². The molecule has 4 fully saturated rings. The van der Waals surface area contributed by atoms with E-state index >= 15 is 0 Å². The first kappa shape index (κ1) is 48.4. The van der Waals surface area contributed by atoms with Crippen molar-refractivity contribution in [3.63, 3.8) is 0 Å². The third-order valence-corrected chi connectivity index (χ3v) is 8.63. The monoisotopic (exact) mass is 785 g/mol. The summed E-state index contributed by atoms with van der Waals surface area (Å²) in [6, 6.07) is 0.740. The molecule has 0 unspecified atom stereocenters. The van der Waals surface area contributed by atoms with Gasteiger partial charge in [0.15, 0.2) is 0 Å². The maximum absolute atomic E-state index is 11.2. The average molecular weight is 787 g/mol. The number of aliphatic hydroxyl groups excluding tert-OH is 2. The molecule has 7 N–H and O–H groups in total. The second kappa shape index (κ2) is 25.4. The number of aromatic nitrogens is 4. The molecule has 0 spiro atoms. The van der Waals surface area contributed by atoms with E-state index < -0.39 is 9.85 Å². The van der Waals surface area contributed by atoms with Crippen molar-refractivity contribution in [3.05, 3.63) is 48.9 Å². The molecule has 2 atom stereocenters. The van der Waals surface area contributed by atoms with E-state index in [1.165, 1.54) is 6.20 Å². The van der Waals surface area contributed by atoms with Crippen LogP contribution < -0.4 is 16.8 Å². The van der Waals surface area contributed by atoms with E-state index in [0.29, 0.717) is 43.5 Å². The van der Waals surface area contributed by atoms with Crippen LogP contribution in [0, 0.1) is 26.1 Å². The largest absolute Gasteiger partial charge is 0.393 e. The lowest BCUT2D eigenvalue weighted by Gasteiger charge is -2.24. The fraction of sp³-hybridized carbons (Fsp3) is 0.742. The number of aliphatic hydroxyl groups is 2. The fourth-order valence-corrected chi connectivity index (χ4v) is 5.69. The van der Waals surface area contributed by atoms with Crippen LogP contribution in [0.1, 0.15) is 84.9 Å². The lowest BCUT2D eigenvalue weighted by molar-refractivity contribution is -0.385. The summed E-state index contributed by atoms with van der Waals surface area (Å²) in [5.74, 6) is 1.34. The molecule has 0 aromatic carbocycles. The number of ether oxygens (including phenoxy) is 2. The molecule has 0 bridgehead atoms. The molecule has 4 heterocycles. The minimum Gasteiger partial charge on any atom is -0.393 e. The SMILES string of the molecule is C.C.Cl.NC1CCC(O)CC1.N[C@H]1CCOC1.O=[N+]([O-])c1cnc(CC2CCC(O)CC2)nc1N[C@H]1CCOC1.O=[N+]([O-])c1cnc(Cl)nc1Cl. The summed E-state index contributed by atoms with van der Waals surface area (Å²) in [6.07, 6.45) is 11.9. The minimum atomic E-state index is -0.682. The molecule has 20 heteroatoms. The van der Waals surface area contributed by atoms with Crippen LogP contribution in [-0.4, -0.2) is 96.8 Å². The number of hydrogen-bond donors (Lipinski definition) is 5. The Bertz CT molecular complexity index is 1290. The van der Waals surface area contributed by atoms with Gasteiger partial charge in [-0.3, -0.25) is 20.2 Å². The van der Waals surface area contributed by atoms with Gasteiger partial charge < -0.3 is 36.5 Å². The normalized spacial score (nSPS) is 24.9. The summed E-state index contributed by atoms with van der Waals surface area (Å²) < 4.78 is 10.2. The van der Waals surface area contributed by atoms with Gasteiger partial charge in [-0.1, -0.05) is 26.5 Å². The molecule has 0 radical (unpaired) electrons. The molecule has 6 rings (SSSR count). The van der Waals surface area contributed by atoms with Crippen LogP contribution in [-0.2, 0) is 15.9 Å². The Morgan fingerprint density at radius 2 is 1.33 bits per heavy atom. The molecule has 2 aliphatic carbocycles. The third-order valence-electron chi connectivity index (χ3n) is 8.17. The molecule has 4 aliphatic rings. The van der Waals surface area contributed by atoms with Crippen molar-refractivity contribution in [2.75, 3.05) is 31.7 Å². The number of nitro groups is 2. The first-order valence-electron chi connectivity index (χ1n) is 16.0. The second-order valence-electron chi connectivity index (χ2n) is 12.1. The molecule has 2 saturated carbocycles. The van der Waals surface area contributed by atoms with Crippen molar-refractivity contribution in [3.8, 4) is 0 Å². The van der Waals surface area contributed by atoms with Gasteiger partial charge in [0.05, 0.1) is 41.3 Å². The molecule has 2 aliphatic heterocycles. The number of rotatable bonds is 6. The van der Waals surface area contributed by atoms with E-state index in [0.717, 1.165) is 83.6 Å². The summed E-state index contributed by atoms with van der Waals surface area (Å²) in [5.41, 5.74) is 10.5. The Kier molecular flexibility index (Phi) is 24.1. The highest BCUT2D eigenvalue weighted by Gasteiger charge is 2.25. The van der Waals surface area contributed by atoms with Crippen LogP contribution in [0.2, 0.25) is 10.4 Å². The molecule has 17 nitrogen and oxygen atoms in total. The standard InChI is InChI=1S/C15H22N4O4.C6H13NO.C4HCl2N3O2.C4H9NO.2CH4.ClH/c20-12-3-1-10(2-4-12)7-14-16-8-13(19(21)22)15(18-14)17-11-5-6-23-9-11;7-5-1-3-6(8)4-2-5;5-3-2(9(10)11)1-7-4(6)8-3;5-4-1-2-6-3-4;;;/h8,10-12,20H,1-7,9H2,(H,16,17,18);5-6,8H,1-4,7H2;1H;4H,1-3,5H2;2*1H4;1H/t10?,11-,12?;;;4-;;;/m0..0.../s1. The van der Waals surface area contributed by atoms with E-state index in [4.69, 9.17) is 49.2 Å². The van der Waals surface area contributed by atoms with Gasteiger partial charge in [0.1, 0.15) is 18.2 Å². The van der Waals surface area contributed by atoms with Gasteiger partial charge in [0.2, 0.25) is 16.3 Å². The van der Waals surface area contributed by atoms with Crippen LogP contribution in [0.15, 0.2) is 12.4 Å². The van der Waals surface area contributed by atoms with E-state index in [1.54, 1.807) is 0 Å². The molecular formula is C31H54Cl3N9O8. The van der Waals surface area contributed by atoms with E-state index in [-0.39, 0.29) is 73.1 Å². The van der Waals surface area contributed by atoms with Crippen LogP contribution in [0.3, 0.4) is 0 Å². The summed E-state index contributed by atoms with van der Waals surface area (Å²) in [5, 5.41) is 42.6. The lowest BCUT2D eigenvalue weighted by Crippen LogP contribution is -2.28. The predicted molar refractivity (Wildman–Crippen MR) is 198 cm³/mol. The number of nitrogens with two attached hydrogens (primary N) is 2. The van der Waals surface area contributed by atoms with Gasteiger partial charge in [0, 0.05) is 31.7 Å². The van der Waals surface area contributed by atoms with Gasteiger partial charge in [-0.2, -0.15) is 4.98 Å². The van der Waals surface area contributed by atoms with Gasteiger partial charge in [0.25, 0.3) is 0 Å². The maximum Gasteiger partial charge on any atom is 0.329 e. The molecule has 2 aromatic heterocycles. The fourth-order valence-electron chi connectivity index (χ4n) is 5.31. The smallest absolute Gasteiger partial charge is 0.329 e. The minimum absolute atomic E-state index is 0. The van der Waals surface area contributed by atoms with Crippen LogP contribution in [0.4, 0.5) is 17.2 Å². The van der Waals surface area contributed by atoms with Crippen molar-refractivity contribution < 1.29 is 29.5 Å². The molecule has 51 heavy (non-hydrogen) atoms. The summed E-state index contributed by atoms with van der Waals surface area (Å²) in [4.78, 5) is 35.5. The van der Waals surface area contributed by atoms with Crippen molar-refractivity contribution in [2.24, 2.45) is 17.4 Å². The Labute approximate surface area is 315 Å². The number of hydrogen-bond acceptors (Lipinski definition) is 15. The highest BCUT2D eigenvalue weighted by atomic mass is 35.5. The van der Waals surface area contributed by atoms with Gasteiger partial charge in [-0.15, -0.1) is 12.4 Å². The highest BCUT2D eigenvalue weighted by Crippen LogP contribution is 2.29. The summed E-state index contributed by atoms with van der Waals surface area (Å²) >= 11 is 10.6. The van der Waals surface area contributed by atoms with Crippen molar-refractivity contribution in [1.29, 1.82) is 0 Å². The molecule has 0 amide bonds.